The molecule has 174 valence electrons. The highest BCUT2D eigenvalue weighted by Gasteiger charge is 2.29. The van der Waals surface area contributed by atoms with E-state index < -0.39 is 5.97 Å². The van der Waals surface area contributed by atoms with E-state index in [9.17, 15) is 9.59 Å². The standard InChI is InChI=1S/C27H27N3O4/c1-2-34-27(33)20-10-13-22-23(16-20)30-26(32)24(22)25(19-6-4-3-5-7-19)29-21-11-8-18(9-12-21)17-28-14-15-31/h3-13,16,28-29,31H,2,14-15,17H2,1H3,(H,30,32)/b25-24-. The van der Waals surface area contributed by atoms with Gasteiger partial charge in [-0.25, -0.2) is 4.79 Å². The molecule has 7 nitrogen and oxygen atoms in total. The summed E-state index contributed by atoms with van der Waals surface area (Å²) in [5.74, 6) is -0.667. The van der Waals surface area contributed by atoms with Crippen LogP contribution in [0.2, 0.25) is 0 Å². The number of hydrogen-bond donors (Lipinski definition) is 4. The number of benzene rings is 3. The molecule has 4 rings (SSSR count). The molecule has 3 aromatic carbocycles. The Kier molecular flexibility index (Phi) is 7.37. The summed E-state index contributed by atoms with van der Waals surface area (Å²) in [7, 11) is 0. The van der Waals surface area contributed by atoms with E-state index in [0.717, 1.165) is 16.8 Å². The quantitative estimate of drug-likeness (QED) is 0.221. The van der Waals surface area contributed by atoms with Gasteiger partial charge >= 0.3 is 5.97 Å². The molecule has 1 aliphatic heterocycles. The maximum atomic E-state index is 13.1. The molecule has 7 heteroatoms. The third-order valence-electron chi connectivity index (χ3n) is 5.43. The van der Waals surface area contributed by atoms with E-state index in [0.29, 0.717) is 41.2 Å². The third kappa shape index (κ3) is 5.17. The number of ether oxygens (including phenoxy) is 1. The highest BCUT2D eigenvalue weighted by atomic mass is 16.5. The Bertz CT molecular complexity index is 1200. The van der Waals surface area contributed by atoms with Gasteiger partial charge in [0.05, 0.1) is 35.7 Å². The van der Waals surface area contributed by atoms with E-state index >= 15 is 0 Å². The SMILES string of the molecule is CCOC(=O)c1ccc2c(c1)NC(=O)/C2=C(\Nc1ccc(CNCCO)cc1)c1ccccc1. The zero-order valence-corrected chi connectivity index (χ0v) is 18.9. The lowest BCUT2D eigenvalue weighted by Gasteiger charge is -2.15. The predicted molar refractivity (Wildman–Crippen MR) is 133 cm³/mol. The van der Waals surface area contributed by atoms with Gasteiger partial charge in [-0.05, 0) is 42.3 Å². The molecule has 4 N–H and O–H groups in total. The van der Waals surface area contributed by atoms with Gasteiger partial charge < -0.3 is 25.8 Å². The van der Waals surface area contributed by atoms with Crippen molar-refractivity contribution >= 4 is 34.5 Å². The van der Waals surface area contributed by atoms with Gasteiger partial charge in [-0.3, -0.25) is 4.79 Å². The number of amides is 1. The number of aliphatic hydroxyl groups excluding tert-OH is 1. The first kappa shape index (κ1) is 23.2. The van der Waals surface area contributed by atoms with E-state index in [1.165, 1.54) is 0 Å². The molecule has 0 bridgehead atoms. The average molecular weight is 458 g/mol. The lowest BCUT2D eigenvalue weighted by atomic mass is 9.99. The Morgan fingerprint density at radius 2 is 1.76 bits per heavy atom. The molecule has 0 saturated heterocycles. The summed E-state index contributed by atoms with van der Waals surface area (Å²) in [5.41, 5.74) is 5.65. The summed E-state index contributed by atoms with van der Waals surface area (Å²) < 4.78 is 5.08. The van der Waals surface area contributed by atoms with E-state index in [-0.39, 0.29) is 19.1 Å². The van der Waals surface area contributed by atoms with Crippen molar-refractivity contribution in [2.45, 2.75) is 13.5 Å². The molecule has 0 fully saturated rings. The summed E-state index contributed by atoms with van der Waals surface area (Å²) >= 11 is 0. The van der Waals surface area contributed by atoms with Gasteiger partial charge in [-0.15, -0.1) is 0 Å². The molecule has 1 aliphatic rings. The highest BCUT2D eigenvalue weighted by Crippen LogP contribution is 2.38. The lowest BCUT2D eigenvalue weighted by molar-refractivity contribution is -0.110. The fourth-order valence-corrected chi connectivity index (χ4v) is 3.81. The topological polar surface area (TPSA) is 99.7 Å². The van der Waals surface area contributed by atoms with E-state index in [4.69, 9.17) is 9.84 Å². The molecule has 0 radical (unpaired) electrons. The average Bonchev–Trinajstić information content (AvgIpc) is 3.19. The Balaban J connectivity index is 1.70. The van der Waals surface area contributed by atoms with Crippen molar-refractivity contribution in [1.82, 2.24) is 5.32 Å². The Labute approximate surface area is 198 Å². The van der Waals surface area contributed by atoms with Crippen molar-refractivity contribution in [3.8, 4) is 0 Å². The van der Waals surface area contributed by atoms with E-state index in [1.54, 1.807) is 25.1 Å². The number of anilines is 2. The second-order valence-corrected chi connectivity index (χ2v) is 7.77. The molecule has 0 aliphatic carbocycles. The van der Waals surface area contributed by atoms with Crippen LogP contribution in [-0.4, -0.2) is 36.7 Å². The smallest absolute Gasteiger partial charge is 0.338 e. The van der Waals surface area contributed by atoms with Gasteiger partial charge in [0, 0.05) is 24.3 Å². The van der Waals surface area contributed by atoms with Crippen LogP contribution < -0.4 is 16.0 Å². The molecular weight excluding hydrogens is 430 g/mol. The van der Waals surface area contributed by atoms with Crippen LogP contribution in [0.15, 0.2) is 72.8 Å². The second-order valence-electron chi connectivity index (χ2n) is 7.77. The molecule has 0 aromatic heterocycles. The Hall–Kier alpha value is -3.94. The van der Waals surface area contributed by atoms with Crippen LogP contribution in [0.5, 0.6) is 0 Å². The van der Waals surface area contributed by atoms with Crippen LogP contribution >= 0.6 is 0 Å². The monoisotopic (exact) mass is 457 g/mol. The molecule has 0 atom stereocenters. The van der Waals surface area contributed by atoms with Gasteiger partial charge in [-0.2, -0.15) is 0 Å². The Morgan fingerprint density at radius 3 is 2.47 bits per heavy atom. The van der Waals surface area contributed by atoms with Crippen molar-refractivity contribution in [1.29, 1.82) is 0 Å². The van der Waals surface area contributed by atoms with E-state index in [1.807, 2.05) is 54.6 Å². The number of carbonyl (C=O) groups is 2. The zero-order chi connectivity index (χ0) is 23.9. The summed E-state index contributed by atoms with van der Waals surface area (Å²) in [6.45, 7) is 3.33. The number of carbonyl (C=O) groups excluding carboxylic acids is 2. The predicted octanol–water partition coefficient (Wildman–Crippen LogP) is 3.88. The third-order valence-corrected chi connectivity index (χ3v) is 5.43. The summed E-state index contributed by atoms with van der Waals surface area (Å²) in [6, 6.07) is 22.7. The number of hydrogen-bond acceptors (Lipinski definition) is 6. The van der Waals surface area contributed by atoms with Gasteiger partial charge in [0.1, 0.15) is 0 Å². The number of aliphatic hydroxyl groups is 1. The van der Waals surface area contributed by atoms with Crippen molar-refractivity contribution in [2.75, 3.05) is 30.4 Å². The normalized spacial score (nSPS) is 13.8. The summed E-state index contributed by atoms with van der Waals surface area (Å²) in [4.78, 5) is 25.2. The fraction of sp³-hybridized carbons (Fsp3) is 0.185. The van der Waals surface area contributed by atoms with Gasteiger partial charge in [0.2, 0.25) is 0 Å². The zero-order valence-electron chi connectivity index (χ0n) is 18.9. The van der Waals surface area contributed by atoms with Crippen LogP contribution in [0, 0.1) is 0 Å². The molecule has 1 heterocycles. The lowest BCUT2D eigenvalue weighted by Crippen LogP contribution is -2.17. The minimum atomic E-state index is -0.424. The van der Waals surface area contributed by atoms with Crippen LogP contribution in [0.3, 0.4) is 0 Å². The summed E-state index contributed by atoms with van der Waals surface area (Å²) in [6.07, 6.45) is 0. The van der Waals surface area contributed by atoms with Crippen LogP contribution in [0.4, 0.5) is 11.4 Å². The molecule has 0 unspecified atom stereocenters. The highest BCUT2D eigenvalue weighted by molar-refractivity contribution is 6.37. The van der Waals surface area contributed by atoms with Crippen molar-refractivity contribution in [2.24, 2.45) is 0 Å². The fourth-order valence-electron chi connectivity index (χ4n) is 3.81. The largest absolute Gasteiger partial charge is 0.462 e. The van der Waals surface area contributed by atoms with Crippen LogP contribution in [0.25, 0.3) is 11.3 Å². The van der Waals surface area contributed by atoms with Crippen LogP contribution in [-0.2, 0) is 16.1 Å². The molecular formula is C27H27N3O4. The molecule has 1 amide bonds. The Morgan fingerprint density at radius 1 is 1.00 bits per heavy atom. The first-order valence-electron chi connectivity index (χ1n) is 11.2. The first-order valence-corrected chi connectivity index (χ1v) is 11.2. The maximum absolute atomic E-state index is 13.1. The first-order chi connectivity index (χ1) is 16.6. The number of nitrogens with one attached hydrogen (secondary N) is 3. The maximum Gasteiger partial charge on any atom is 0.338 e. The minimum Gasteiger partial charge on any atom is -0.462 e. The second kappa shape index (κ2) is 10.8. The van der Waals surface area contributed by atoms with Crippen molar-refractivity contribution in [3.63, 3.8) is 0 Å². The van der Waals surface area contributed by atoms with Gasteiger partial charge in [0.25, 0.3) is 5.91 Å². The van der Waals surface area contributed by atoms with Crippen LogP contribution in [0.1, 0.15) is 34.0 Å². The number of rotatable bonds is 9. The minimum absolute atomic E-state index is 0.0957. The number of esters is 1. The van der Waals surface area contributed by atoms with Gasteiger partial charge in [-0.1, -0.05) is 48.5 Å². The van der Waals surface area contributed by atoms with E-state index in [2.05, 4.69) is 16.0 Å². The van der Waals surface area contributed by atoms with Crippen molar-refractivity contribution < 1.29 is 19.4 Å². The number of fused-ring (bicyclic) bond motifs is 1. The molecule has 0 spiro atoms. The molecule has 0 saturated carbocycles. The summed E-state index contributed by atoms with van der Waals surface area (Å²) in [5, 5.41) is 18.4. The van der Waals surface area contributed by atoms with Crippen molar-refractivity contribution in [3.05, 3.63) is 95.1 Å². The molecule has 34 heavy (non-hydrogen) atoms. The molecule has 3 aromatic rings. The van der Waals surface area contributed by atoms with Gasteiger partial charge in [0.15, 0.2) is 0 Å².